The van der Waals surface area contributed by atoms with Crippen LogP contribution < -0.4 is 0 Å². The van der Waals surface area contributed by atoms with Crippen LogP contribution in [0.2, 0.25) is 0 Å². The number of nitrogens with zero attached hydrogens (tertiary/aromatic N) is 2. The van der Waals surface area contributed by atoms with Crippen molar-refractivity contribution in [2.75, 3.05) is 54.4 Å². The molecule has 0 aromatic carbocycles. The van der Waals surface area contributed by atoms with Crippen LogP contribution in [0.25, 0.3) is 0 Å². The van der Waals surface area contributed by atoms with Crippen molar-refractivity contribution >= 4 is 0 Å². The lowest BCUT2D eigenvalue weighted by Crippen LogP contribution is -2.44. The molecule has 0 atom stereocenters. The van der Waals surface area contributed by atoms with Crippen LogP contribution in [0.3, 0.4) is 0 Å². The van der Waals surface area contributed by atoms with E-state index in [0.717, 1.165) is 11.8 Å². The van der Waals surface area contributed by atoms with Crippen molar-refractivity contribution in [2.24, 2.45) is 11.8 Å². The molecule has 0 aromatic rings. The minimum absolute atomic E-state index is 0.802. The molecule has 0 heterocycles. The summed E-state index contributed by atoms with van der Waals surface area (Å²) in [5, 5.41) is 0. The van der Waals surface area contributed by atoms with Gasteiger partial charge in [-0.25, -0.2) is 0 Å². The van der Waals surface area contributed by atoms with Crippen molar-refractivity contribution in [1.29, 1.82) is 0 Å². The highest BCUT2D eigenvalue weighted by Crippen LogP contribution is 2.11. The zero-order valence-corrected chi connectivity index (χ0v) is 15.0. The average Bonchev–Trinajstić information content (AvgIpc) is 2.11. The zero-order chi connectivity index (χ0) is 15.1. The Balaban J connectivity index is 3.75. The van der Waals surface area contributed by atoms with Crippen molar-refractivity contribution in [2.45, 2.75) is 47.0 Å². The third kappa shape index (κ3) is 11.4. The van der Waals surface area contributed by atoms with E-state index < -0.39 is 0 Å². The molecule has 0 N–H and O–H groups in total. The Kier molecular flexibility index (Phi) is 8.23. The molecule has 0 aliphatic heterocycles. The number of rotatable bonds is 10. The number of quaternary nitrogens is 2. The van der Waals surface area contributed by atoms with E-state index in [1.165, 1.54) is 54.4 Å². The predicted molar refractivity (Wildman–Crippen MR) is 87.2 cm³/mol. The SMILES string of the molecule is CC(C)C[N+](C)(C)CCCCC[N+](C)(C)CC(C)C. The van der Waals surface area contributed by atoms with Gasteiger partial charge in [-0.15, -0.1) is 0 Å². The van der Waals surface area contributed by atoms with Gasteiger partial charge >= 0.3 is 0 Å². The molecule has 0 bridgehead atoms. The fourth-order valence-electron chi connectivity index (χ4n) is 3.42. The quantitative estimate of drug-likeness (QED) is 0.421. The van der Waals surface area contributed by atoms with Crippen molar-refractivity contribution in [3.63, 3.8) is 0 Å². The molecule has 19 heavy (non-hydrogen) atoms. The van der Waals surface area contributed by atoms with Gasteiger partial charge in [0.2, 0.25) is 0 Å². The summed E-state index contributed by atoms with van der Waals surface area (Å²) in [6, 6.07) is 0. The Bertz CT molecular complexity index is 205. The van der Waals surface area contributed by atoms with Gasteiger partial charge in [-0.2, -0.15) is 0 Å². The van der Waals surface area contributed by atoms with Gasteiger partial charge in [0.25, 0.3) is 0 Å². The van der Waals surface area contributed by atoms with E-state index >= 15 is 0 Å². The van der Waals surface area contributed by atoms with Crippen LogP contribution in [-0.2, 0) is 0 Å². The van der Waals surface area contributed by atoms with E-state index in [2.05, 4.69) is 55.9 Å². The minimum Gasteiger partial charge on any atom is -0.328 e. The van der Waals surface area contributed by atoms with Crippen LogP contribution >= 0.6 is 0 Å². The van der Waals surface area contributed by atoms with Crippen LogP contribution in [-0.4, -0.2) is 63.3 Å². The van der Waals surface area contributed by atoms with Crippen LogP contribution in [0, 0.1) is 11.8 Å². The fourth-order valence-corrected chi connectivity index (χ4v) is 3.42. The number of unbranched alkanes of at least 4 members (excludes halogenated alkanes) is 2. The lowest BCUT2D eigenvalue weighted by Gasteiger charge is -2.33. The maximum atomic E-state index is 2.37. The lowest BCUT2D eigenvalue weighted by molar-refractivity contribution is -0.895. The van der Waals surface area contributed by atoms with Crippen molar-refractivity contribution in [3.8, 4) is 0 Å². The van der Waals surface area contributed by atoms with E-state index in [0.29, 0.717) is 0 Å². The highest BCUT2D eigenvalue weighted by Gasteiger charge is 2.18. The summed E-state index contributed by atoms with van der Waals surface area (Å²) < 4.78 is 2.36. The molecule has 2 nitrogen and oxygen atoms in total. The summed E-state index contributed by atoms with van der Waals surface area (Å²) in [5.41, 5.74) is 0. The summed E-state index contributed by atoms with van der Waals surface area (Å²) in [7, 11) is 9.50. The smallest absolute Gasteiger partial charge is 0.0805 e. The molecule has 0 aliphatic carbocycles. The van der Waals surface area contributed by atoms with Gasteiger partial charge in [0, 0.05) is 11.8 Å². The van der Waals surface area contributed by atoms with Gasteiger partial charge < -0.3 is 8.97 Å². The Morgan fingerprint density at radius 3 is 1.16 bits per heavy atom. The summed E-state index contributed by atoms with van der Waals surface area (Å²) in [5.74, 6) is 1.60. The molecule has 0 aliphatic rings. The highest BCUT2D eigenvalue weighted by molar-refractivity contribution is 4.47. The standard InChI is InChI=1S/C17H40N2/c1-16(2)14-18(5,6)12-10-9-11-13-19(7,8)15-17(3)4/h16-17H,9-15H2,1-8H3/q+2. The molecule has 0 fully saturated rings. The monoisotopic (exact) mass is 272 g/mol. The van der Waals surface area contributed by atoms with Crippen LogP contribution in [0.4, 0.5) is 0 Å². The molecule has 116 valence electrons. The molecule has 0 unspecified atom stereocenters. The first-order valence-corrected chi connectivity index (χ1v) is 8.18. The Hall–Kier alpha value is -0.0800. The first kappa shape index (κ1) is 18.9. The predicted octanol–water partition coefficient (Wildman–Crippen LogP) is 3.62. The molecule has 0 amide bonds. The van der Waals surface area contributed by atoms with E-state index in [1.54, 1.807) is 0 Å². The molecule has 2 heteroatoms. The highest BCUT2D eigenvalue weighted by atomic mass is 15.3. The van der Waals surface area contributed by atoms with Gasteiger partial charge in [0.15, 0.2) is 0 Å². The second kappa shape index (κ2) is 8.26. The lowest BCUT2D eigenvalue weighted by atomic mass is 10.1. The summed E-state index contributed by atoms with van der Waals surface area (Å²) in [4.78, 5) is 0. The number of hydrogen-bond donors (Lipinski definition) is 0. The molecule has 0 radical (unpaired) electrons. The van der Waals surface area contributed by atoms with Gasteiger partial charge in [-0.3, -0.25) is 0 Å². The van der Waals surface area contributed by atoms with E-state index in [-0.39, 0.29) is 0 Å². The summed E-state index contributed by atoms with van der Waals surface area (Å²) in [6.45, 7) is 14.6. The third-order valence-corrected chi connectivity index (χ3v) is 3.75. The van der Waals surface area contributed by atoms with E-state index in [4.69, 9.17) is 0 Å². The fraction of sp³-hybridized carbons (Fsp3) is 1.00. The normalized spacial score (nSPS) is 13.6. The Morgan fingerprint density at radius 2 is 0.895 bits per heavy atom. The second-order valence-electron chi connectivity index (χ2n) is 8.53. The first-order chi connectivity index (χ1) is 8.54. The van der Waals surface area contributed by atoms with E-state index in [1.807, 2.05) is 0 Å². The van der Waals surface area contributed by atoms with Crippen LogP contribution in [0.1, 0.15) is 47.0 Å². The topological polar surface area (TPSA) is 0 Å². The van der Waals surface area contributed by atoms with Gasteiger partial charge in [0.1, 0.15) is 0 Å². The first-order valence-electron chi connectivity index (χ1n) is 8.18. The second-order valence-corrected chi connectivity index (χ2v) is 8.53. The molecule has 0 saturated carbocycles. The summed E-state index contributed by atoms with van der Waals surface area (Å²) >= 11 is 0. The minimum atomic E-state index is 0.802. The van der Waals surface area contributed by atoms with Gasteiger partial charge in [-0.1, -0.05) is 27.7 Å². The third-order valence-electron chi connectivity index (χ3n) is 3.75. The van der Waals surface area contributed by atoms with Gasteiger partial charge in [-0.05, 0) is 19.3 Å². The van der Waals surface area contributed by atoms with Crippen LogP contribution in [0.15, 0.2) is 0 Å². The molecular weight excluding hydrogens is 232 g/mol. The maximum Gasteiger partial charge on any atom is 0.0805 e. The Labute approximate surface area is 123 Å². The molecular formula is C17H40N2+2. The van der Waals surface area contributed by atoms with E-state index in [9.17, 15) is 0 Å². The summed E-state index contributed by atoms with van der Waals surface area (Å²) in [6.07, 6.45) is 4.14. The molecule has 0 rings (SSSR count). The zero-order valence-electron chi connectivity index (χ0n) is 15.0. The van der Waals surface area contributed by atoms with Crippen molar-refractivity contribution in [3.05, 3.63) is 0 Å². The van der Waals surface area contributed by atoms with Crippen LogP contribution in [0.5, 0.6) is 0 Å². The largest absolute Gasteiger partial charge is 0.328 e. The maximum absolute atomic E-state index is 2.37. The molecule has 0 saturated heterocycles. The van der Waals surface area contributed by atoms with Gasteiger partial charge in [0.05, 0.1) is 54.4 Å². The molecule has 0 aromatic heterocycles. The van der Waals surface area contributed by atoms with Crippen molar-refractivity contribution < 1.29 is 8.97 Å². The average molecular weight is 273 g/mol. The van der Waals surface area contributed by atoms with Crippen molar-refractivity contribution in [1.82, 2.24) is 0 Å². The Morgan fingerprint density at radius 1 is 0.579 bits per heavy atom. The number of hydrogen-bond acceptors (Lipinski definition) is 0. The molecule has 0 spiro atoms.